The smallest absolute Gasteiger partial charge is 0.409 e. The Labute approximate surface area is 247 Å². The Bertz CT molecular complexity index is 1310. The number of ether oxygens (including phenoxy) is 1. The monoisotopic (exact) mass is 578 g/mol. The first-order valence-electron chi connectivity index (χ1n) is 14.1. The van der Waals surface area contributed by atoms with E-state index in [2.05, 4.69) is 38.8 Å². The van der Waals surface area contributed by atoms with Gasteiger partial charge in [-0.3, -0.25) is 9.80 Å². The summed E-state index contributed by atoms with van der Waals surface area (Å²) in [4.78, 5) is 18.4. The molecule has 4 atom stereocenters. The van der Waals surface area contributed by atoms with Crippen molar-refractivity contribution in [1.29, 1.82) is 0 Å². The van der Waals surface area contributed by atoms with Gasteiger partial charge in [0.1, 0.15) is 0 Å². The van der Waals surface area contributed by atoms with Gasteiger partial charge in [0.05, 0.1) is 19.2 Å². The molecule has 4 aliphatic rings. The minimum Gasteiger partial charge on any atom is -0.453 e. The van der Waals surface area contributed by atoms with Crippen LogP contribution in [0.3, 0.4) is 0 Å². The predicted octanol–water partition coefficient (Wildman–Crippen LogP) is 4.73. The number of halogens is 2. The Morgan fingerprint density at radius 3 is 2.05 bits per heavy atom. The van der Waals surface area contributed by atoms with Crippen LogP contribution in [0.25, 0.3) is 0 Å². The number of carbonyl (C=O) groups is 1. The molecule has 4 saturated heterocycles. The van der Waals surface area contributed by atoms with Gasteiger partial charge < -0.3 is 15.0 Å². The van der Waals surface area contributed by atoms with E-state index in [9.17, 15) is 4.79 Å². The molecule has 0 radical (unpaired) electrons. The standard InChI is InChI=1S/C17H19ClN2O2.C15H17ClN2/c1-22-17(21)19-9-10-20-15(7-8-16(20)12-19)6-5-13-3-2-4-14(18)11-13;16-13-3-1-2-12(10-13)4-5-14-6-7-15-11-17-8-9-18(14)15/h2-4,11,15-16H,7-10,12H2,1H3;1-3,10,14-15,17H,6-9,11H2/t15-,16-;14-,15-/m00/s1. The maximum absolute atomic E-state index is 11.6. The van der Waals surface area contributed by atoms with E-state index in [1.807, 2.05) is 48.5 Å². The van der Waals surface area contributed by atoms with Crippen LogP contribution in [0.4, 0.5) is 4.79 Å². The van der Waals surface area contributed by atoms with E-state index in [0.29, 0.717) is 29.7 Å². The van der Waals surface area contributed by atoms with Crippen molar-refractivity contribution < 1.29 is 9.53 Å². The third-order valence-electron chi connectivity index (χ3n) is 8.12. The van der Waals surface area contributed by atoms with E-state index in [4.69, 9.17) is 27.9 Å². The molecular formula is C32H36Cl2N4O2. The molecule has 0 spiro atoms. The lowest BCUT2D eigenvalue weighted by Crippen LogP contribution is -2.53. The molecule has 210 valence electrons. The van der Waals surface area contributed by atoms with Gasteiger partial charge in [0, 0.05) is 72.5 Å². The highest BCUT2D eigenvalue weighted by Crippen LogP contribution is 2.28. The highest BCUT2D eigenvalue weighted by molar-refractivity contribution is 6.30. The van der Waals surface area contributed by atoms with Gasteiger partial charge in [-0.05, 0) is 62.1 Å². The molecule has 0 bridgehead atoms. The Balaban J connectivity index is 0.000000164. The van der Waals surface area contributed by atoms with Crippen LogP contribution in [0.2, 0.25) is 10.0 Å². The van der Waals surface area contributed by atoms with Crippen LogP contribution in [0, 0.1) is 23.7 Å². The average Bonchev–Trinajstić information content (AvgIpc) is 3.58. The molecule has 0 saturated carbocycles. The molecule has 0 aliphatic carbocycles. The van der Waals surface area contributed by atoms with Gasteiger partial charge in [-0.15, -0.1) is 0 Å². The van der Waals surface area contributed by atoms with Crippen LogP contribution in [0.15, 0.2) is 48.5 Å². The lowest BCUT2D eigenvalue weighted by Gasteiger charge is -2.38. The molecule has 4 aliphatic heterocycles. The summed E-state index contributed by atoms with van der Waals surface area (Å²) < 4.78 is 4.81. The first kappa shape index (κ1) is 28.8. The van der Waals surface area contributed by atoms with Crippen LogP contribution in [0.1, 0.15) is 36.8 Å². The van der Waals surface area contributed by atoms with Crippen LogP contribution < -0.4 is 5.32 Å². The second-order valence-corrected chi connectivity index (χ2v) is 11.5. The lowest BCUT2D eigenvalue weighted by molar-refractivity contribution is 0.0702. The van der Waals surface area contributed by atoms with E-state index < -0.39 is 0 Å². The summed E-state index contributed by atoms with van der Waals surface area (Å²) in [6, 6.07) is 17.2. The topological polar surface area (TPSA) is 48.1 Å². The zero-order valence-corrected chi connectivity index (χ0v) is 24.4. The number of methoxy groups -OCH3 is 1. The molecule has 40 heavy (non-hydrogen) atoms. The van der Waals surface area contributed by atoms with E-state index >= 15 is 0 Å². The number of hydrogen-bond donors (Lipinski definition) is 1. The number of fused-ring (bicyclic) bond motifs is 2. The van der Waals surface area contributed by atoms with Crippen molar-refractivity contribution in [2.24, 2.45) is 0 Å². The zero-order chi connectivity index (χ0) is 27.9. The molecule has 4 fully saturated rings. The fraction of sp³-hybridized carbons (Fsp3) is 0.469. The van der Waals surface area contributed by atoms with E-state index in [1.165, 1.54) is 20.0 Å². The quantitative estimate of drug-likeness (QED) is 0.458. The largest absolute Gasteiger partial charge is 0.453 e. The summed E-state index contributed by atoms with van der Waals surface area (Å²) >= 11 is 11.9. The second kappa shape index (κ2) is 13.8. The second-order valence-electron chi connectivity index (χ2n) is 10.6. The Morgan fingerprint density at radius 1 is 0.850 bits per heavy atom. The molecule has 4 heterocycles. The van der Waals surface area contributed by atoms with Gasteiger partial charge in [-0.2, -0.15) is 0 Å². The predicted molar refractivity (Wildman–Crippen MR) is 161 cm³/mol. The maximum atomic E-state index is 11.6. The Hall–Kier alpha value is -2.71. The van der Waals surface area contributed by atoms with Crippen molar-refractivity contribution in [2.75, 3.05) is 46.4 Å². The van der Waals surface area contributed by atoms with Gasteiger partial charge in [0.15, 0.2) is 0 Å². The fourth-order valence-electron chi connectivity index (χ4n) is 6.09. The summed E-state index contributed by atoms with van der Waals surface area (Å²) in [5.41, 5.74) is 1.96. The van der Waals surface area contributed by atoms with E-state index in [-0.39, 0.29) is 12.1 Å². The van der Waals surface area contributed by atoms with Crippen LogP contribution in [-0.2, 0) is 4.74 Å². The minimum absolute atomic E-state index is 0.229. The van der Waals surface area contributed by atoms with Crippen molar-refractivity contribution in [1.82, 2.24) is 20.0 Å². The molecule has 6 rings (SSSR count). The molecule has 1 N–H and O–H groups in total. The maximum Gasteiger partial charge on any atom is 0.409 e. The average molecular weight is 580 g/mol. The first-order chi connectivity index (χ1) is 19.5. The van der Waals surface area contributed by atoms with Gasteiger partial charge >= 0.3 is 6.09 Å². The van der Waals surface area contributed by atoms with Gasteiger partial charge in [0.25, 0.3) is 0 Å². The molecular weight excluding hydrogens is 543 g/mol. The SMILES string of the molecule is COC(=O)N1CCN2[C@@H](CC[C@@H]2C#Cc2cccc(Cl)c2)C1.Clc1cccc(C#C[C@H]2CC[C@H]3CNCCN32)c1. The van der Waals surface area contributed by atoms with Crippen molar-refractivity contribution >= 4 is 29.3 Å². The minimum atomic E-state index is -0.229. The molecule has 0 aromatic heterocycles. The van der Waals surface area contributed by atoms with Crippen molar-refractivity contribution in [3.05, 3.63) is 69.7 Å². The number of nitrogens with one attached hydrogen (secondary N) is 1. The van der Waals surface area contributed by atoms with Gasteiger partial charge in [0.2, 0.25) is 0 Å². The molecule has 2 aromatic carbocycles. The molecule has 8 heteroatoms. The number of rotatable bonds is 0. The molecule has 6 nitrogen and oxygen atoms in total. The zero-order valence-electron chi connectivity index (χ0n) is 22.9. The van der Waals surface area contributed by atoms with Gasteiger partial charge in [-0.1, -0.05) is 59.0 Å². The lowest BCUT2D eigenvalue weighted by atomic mass is 10.1. The Kier molecular flexibility index (Phi) is 9.92. The van der Waals surface area contributed by atoms with Crippen LogP contribution in [0.5, 0.6) is 0 Å². The summed E-state index contributed by atoms with van der Waals surface area (Å²) in [5.74, 6) is 13.3. The highest BCUT2D eigenvalue weighted by atomic mass is 35.5. The van der Waals surface area contributed by atoms with E-state index in [0.717, 1.165) is 61.7 Å². The molecule has 1 amide bonds. The fourth-order valence-corrected chi connectivity index (χ4v) is 6.48. The summed E-state index contributed by atoms with van der Waals surface area (Å²) in [7, 11) is 1.43. The number of benzene rings is 2. The van der Waals surface area contributed by atoms with Crippen molar-refractivity contribution in [3.63, 3.8) is 0 Å². The van der Waals surface area contributed by atoms with Gasteiger partial charge in [-0.25, -0.2) is 4.79 Å². The molecule has 2 aromatic rings. The number of piperazine rings is 2. The summed E-state index contributed by atoms with van der Waals surface area (Å²) in [5, 5.41) is 4.92. The van der Waals surface area contributed by atoms with Crippen LogP contribution >= 0.6 is 23.2 Å². The van der Waals surface area contributed by atoms with Crippen molar-refractivity contribution in [2.45, 2.75) is 49.9 Å². The van der Waals surface area contributed by atoms with Crippen molar-refractivity contribution in [3.8, 4) is 23.7 Å². The number of amides is 1. The number of nitrogens with zero attached hydrogens (tertiary/aromatic N) is 3. The summed E-state index contributed by atoms with van der Waals surface area (Å²) in [6.45, 7) is 5.63. The normalized spacial score (nSPS) is 25.7. The first-order valence-corrected chi connectivity index (χ1v) is 14.8. The van der Waals surface area contributed by atoms with E-state index in [1.54, 1.807) is 4.90 Å². The third kappa shape index (κ3) is 7.32. The molecule has 0 unspecified atom stereocenters. The third-order valence-corrected chi connectivity index (χ3v) is 8.59. The number of hydrogen-bond acceptors (Lipinski definition) is 5. The number of carbonyl (C=O) groups excluding carboxylic acids is 1. The summed E-state index contributed by atoms with van der Waals surface area (Å²) in [6.07, 6.45) is 4.35. The van der Waals surface area contributed by atoms with Crippen LogP contribution in [-0.4, -0.2) is 91.3 Å². The Morgan fingerprint density at radius 2 is 1.45 bits per heavy atom. The highest BCUT2D eigenvalue weighted by Gasteiger charge is 2.38.